The molecule has 0 bridgehead atoms. The zero-order chi connectivity index (χ0) is 10.1. The summed E-state index contributed by atoms with van der Waals surface area (Å²) in [5, 5.41) is 0. The molecule has 1 fully saturated rings. The maximum atomic E-state index is 11.5. The fourth-order valence-corrected chi connectivity index (χ4v) is 1.58. The molecule has 0 radical (unpaired) electrons. The van der Waals surface area contributed by atoms with Crippen LogP contribution in [0.25, 0.3) is 0 Å². The Labute approximate surface area is 79.0 Å². The molecule has 0 saturated carbocycles. The summed E-state index contributed by atoms with van der Waals surface area (Å²) in [6.07, 6.45) is 0.891. The van der Waals surface area contributed by atoms with Crippen LogP contribution in [0.3, 0.4) is 0 Å². The molecule has 0 aliphatic carbocycles. The minimum atomic E-state index is -0.404. The van der Waals surface area contributed by atoms with E-state index in [1.54, 1.807) is 18.9 Å². The quantitative estimate of drug-likeness (QED) is 0.659. The highest BCUT2D eigenvalue weighted by atomic mass is 16.5. The lowest BCUT2D eigenvalue weighted by Crippen LogP contribution is -2.42. The van der Waals surface area contributed by atoms with Crippen molar-refractivity contribution in [3.05, 3.63) is 0 Å². The number of methoxy groups -OCH3 is 1. The molecule has 0 aromatic carbocycles. The van der Waals surface area contributed by atoms with Crippen LogP contribution in [0.15, 0.2) is 0 Å². The first-order chi connectivity index (χ1) is 5.98. The van der Waals surface area contributed by atoms with Crippen molar-refractivity contribution in [2.75, 3.05) is 20.2 Å². The second kappa shape index (κ2) is 3.64. The molecule has 1 heterocycles. The highest BCUT2D eigenvalue weighted by Gasteiger charge is 2.36. The molecule has 0 aromatic rings. The Bertz CT molecular complexity index is 206. The molecular formula is C9H18N2O2. The van der Waals surface area contributed by atoms with Gasteiger partial charge in [0.15, 0.2) is 0 Å². The van der Waals surface area contributed by atoms with Crippen LogP contribution in [0, 0.1) is 0 Å². The molecule has 13 heavy (non-hydrogen) atoms. The molecule has 2 atom stereocenters. The molecule has 1 amide bonds. The molecule has 2 N–H and O–H groups in total. The van der Waals surface area contributed by atoms with Crippen LogP contribution in [0.1, 0.15) is 20.3 Å². The van der Waals surface area contributed by atoms with Crippen LogP contribution in [-0.2, 0) is 9.53 Å². The first-order valence-corrected chi connectivity index (χ1v) is 4.58. The highest BCUT2D eigenvalue weighted by molar-refractivity contribution is 5.81. The molecule has 0 aromatic heterocycles. The van der Waals surface area contributed by atoms with Crippen molar-refractivity contribution < 1.29 is 9.53 Å². The van der Waals surface area contributed by atoms with Gasteiger partial charge in [0.05, 0.1) is 11.6 Å². The van der Waals surface area contributed by atoms with Gasteiger partial charge in [0.1, 0.15) is 0 Å². The molecule has 1 rings (SSSR count). The Kier molecular flexibility index (Phi) is 2.93. The summed E-state index contributed by atoms with van der Waals surface area (Å²) in [6.45, 7) is 5.14. The number of ether oxygens (including phenoxy) is 1. The lowest BCUT2D eigenvalue weighted by atomic mass is 10.1. The topological polar surface area (TPSA) is 55.6 Å². The largest absolute Gasteiger partial charge is 0.377 e. The Morgan fingerprint density at radius 2 is 2.31 bits per heavy atom. The average Bonchev–Trinajstić information content (AvgIpc) is 2.47. The first kappa shape index (κ1) is 10.5. The number of likely N-dealkylation sites (tertiary alicyclic amines) is 1. The van der Waals surface area contributed by atoms with Gasteiger partial charge < -0.3 is 15.4 Å². The monoisotopic (exact) mass is 186 g/mol. The van der Waals surface area contributed by atoms with E-state index in [0.29, 0.717) is 6.54 Å². The Hall–Kier alpha value is -0.610. The average molecular weight is 186 g/mol. The maximum Gasteiger partial charge on any atom is 0.239 e. The third-order valence-electron chi connectivity index (χ3n) is 2.63. The van der Waals surface area contributed by atoms with Crippen LogP contribution in [-0.4, -0.2) is 42.6 Å². The van der Waals surface area contributed by atoms with Gasteiger partial charge in [-0.25, -0.2) is 0 Å². The Balaban J connectivity index is 2.55. The number of carbonyl (C=O) groups excluding carboxylic acids is 1. The lowest BCUT2D eigenvalue weighted by molar-refractivity contribution is -0.132. The number of rotatable bonds is 2. The van der Waals surface area contributed by atoms with Gasteiger partial charge in [0.2, 0.25) is 5.91 Å². The van der Waals surface area contributed by atoms with Gasteiger partial charge in [0, 0.05) is 20.2 Å². The standard InChI is InChI=1S/C9H18N2O2/c1-7(10)8(12)11-5-4-9(2,6-11)13-3/h7H,4-6,10H2,1-3H3/t7-,9?/m0/s1. The number of amides is 1. The third-order valence-corrected chi connectivity index (χ3v) is 2.63. The minimum absolute atomic E-state index is 0.0146. The van der Waals surface area contributed by atoms with Crippen LogP contribution < -0.4 is 5.73 Å². The van der Waals surface area contributed by atoms with Crippen LogP contribution in [0.4, 0.5) is 0 Å². The summed E-state index contributed by atoms with van der Waals surface area (Å²) in [5.74, 6) is 0.0146. The predicted octanol–water partition coefficient (Wildman–Crippen LogP) is -0.0290. The number of hydrogen-bond acceptors (Lipinski definition) is 3. The van der Waals surface area contributed by atoms with E-state index < -0.39 is 6.04 Å². The molecule has 1 saturated heterocycles. The van der Waals surface area contributed by atoms with Crippen molar-refractivity contribution in [1.29, 1.82) is 0 Å². The van der Waals surface area contributed by atoms with Crippen molar-refractivity contribution >= 4 is 5.91 Å². The normalized spacial score (nSPS) is 30.6. The van der Waals surface area contributed by atoms with Crippen LogP contribution in [0.2, 0.25) is 0 Å². The van der Waals surface area contributed by atoms with E-state index in [-0.39, 0.29) is 11.5 Å². The van der Waals surface area contributed by atoms with E-state index in [1.165, 1.54) is 0 Å². The molecular weight excluding hydrogens is 168 g/mol. The zero-order valence-corrected chi connectivity index (χ0v) is 8.54. The molecule has 1 unspecified atom stereocenters. The summed E-state index contributed by atoms with van der Waals surface area (Å²) >= 11 is 0. The van der Waals surface area contributed by atoms with Gasteiger partial charge in [-0.1, -0.05) is 0 Å². The predicted molar refractivity (Wildman–Crippen MR) is 50.3 cm³/mol. The fraction of sp³-hybridized carbons (Fsp3) is 0.889. The van der Waals surface area contributed by atoms with Gasteiger partial charge >= 0.3 is 0 Å². The van der Waals surface area contributed by atoms with Gasteiger partial charge in [-0.15, -0.1) is 0 Å². The van der Waals surface area contributed by atoms with Crippen molar-refractivity contribution in [3.8, 4) is 0 Å². The number of nitrogens with two attached hydrogens (primary N) is 1. The van der Waals surface area contributed by atoms with Gasteiger partial charge in [0.25, 0.3) is 0 Å². The summed E-state index contributed by atoms with van der Waals surface area (Å²) in [4.78, 5) is 13.3. The summed E-state index contributed by atoms with van der Waals surface area (Å²) in [7, 11) is 1.68. The number of hydrogen-bond donors (Lipinski definition) is 1. The van der Waals surface area contributed by atoms with E-state index >= 15 is 0 Å². The zero-order valence-electron chi connectivity index (χ0n) is 8.54. The smallest absolute Gasteiger partial charge is 0.239 e. The van der Waals surface area contributed by atoms with E-state index in [4.69, 9.17) is 10.5 Å². The van der Waals surface area contributed by atoms with Crippen molar-refractivity contribution in [1.82, 2.24) is 4.90 Å². The molecule has 1 aliphatic rings. The third kappa shape index (κ3) is 2.19. The summed E-state index contributed by atoms with van der Waals surface area (Å²) in [5.41, 5.74) is 5.34. The van der Waals surface area contributed by atoms with E-state index in [1.807, 2.05) is 6.92 Å². The molecule has 4 nitrogen and oxygen atoms in total. The SMILES string of the molecule is COC1(C)CCN(C(=O)[C@H](C)N)C1. The van der Waals surface area contributed by atoms with Crippen LogP contribution >= 0.6 is 0 Å². The summed E-state index contributed by atoms with van der Waals surface area (Å²) < 4.78 is 5.32. The highest BCUT2D eigenvalue weighted by Crippen LogP contribution is 2.24. The Morgan fingerprint density at radius 3 is 2.69 bits per heavy atom. The number of carbonyl (C=O) groups is 1. The molecule has 76 valence electrons. The van der Waals surface area contributed by atoms with Gasteiger partial charge in [-0.05, 0) is 20.3 Å². The van der Waals surface area contributed by atoms with E-state index in [2.05, 4.69) is 0 Å². The minimum Gasteiger partial charge on any atom is -0.377 e. The molecule has 0 spiro atoms. The van der Waals surface area contributed by atoms with Crippen molar-refractivity contribution in [2.45, 2.75) is 31.9 Å². The maximum absolute atomic E-state index is 11.5. The summed E-state index contributed by atoms with van der Waals surface area (Å²) in [6, 6.07) is -0.404. The lowest BCUT2D eigenvalue weighted by Gasteiger charge is -2.23. The first-order valence-electron chi connectivity index (χ1n) is 4.58. The second-order valence-corrected chi connectivity index (χ2v) is 3.95. The fourth-order valence-electron chi connectivity index (χ4n) is 1.58. The van der Waals surface area contributed by atoms with Gasteiger partial charge in [-0.2, -0.15) is 0 Å². The molecule has 1 aliphatic heterocycles. The van der Waals surface area contributed by atoms with Crippen LogP contribution in [0.5, 0.6) is 0 Å². The van der Waals surface area contributed by atoms with Gasteiger partial charge in [-0.3, -0.25) is 4.79 Å². The second-order valence-electron chi connectivity index (χ2n) is 3.95. The number of nitrogens with zero attached hydrogens (tertiary/aromatic N) is 1. The van der Waals surface area contributed by atoms with E-state index in [9.17, 15) is 4.79 Å². The van der Waals surface area contributed by atoms with Crippen molar-refractivity contribution in [3.63, 3.8) is 0 Å². The van der Waals surface area contributed by atoms with E-state index in [0.717, 1.165) is 13.0 Å². The molecule has 4 heteroatoms. The Morgan fingerprint density at radius 1 is 1.69 bits per heavy atom. The van der Waals surface area contributed by atoms with Crippen molar-refractivity contribution in [2.24, 2.45) is 5.73 Å².